The summed E-state index contributed by atoms with van der Waals surface area (Å²) < 4.78 is 34.4. The quantitative estimate of drug-likeness (QED) is 0.158. The van der Waals surface area contributed by atoms with Crippen molar-refractivity contribution in [3.8, 4) is 0 Å². The number of β-lactam (4-membered cyclic amide) rings is 1. The van der Waals surface area contributed by atoms with Crippen molar-refractivity contribution >= 4 is 50.1 Å². The molecule has 0 bridgehead atoms. The van der Waals surface area contributed by atoms with E-state index in [0.29, 0.717) is 5.69 Å². The van der Waals surface area contributed by atoms with Crippen LogP contribution in [0.1, 0.15) is 31.7 Å². The lowest BCUT2D eigenvalue weighted by Crippen LogP contribution is -2.64. The molecule has 4 N–H and O–H groups in total. The minimum absolute atomic E-state index is 0.00412. The molecule has 3 heterocycles. The van der Waals surface area contributed by atoms with Crippen LogP contribution in [0.3, 0.4) is 0 Å². The van der Waals surface area contributed by atoms with Crippen molar-refractivity contribution in [3.63, 3.8) is 0 Å². The predicted molar refractivity (Wildman–Crippen MR) is 116 cm³/mol. The standard InChI is InChI=1S/C17H21N7O8S2/c1-8-5-23(22-20-8)6-11-9(14(26)24(11)34(29,30)31)4-12(25)13(10-7-33-16(18)19-10)21-32-17(2,3)15(27)28/h5,7,9,11H,4,6H2,1-3H3,(H2,18,19)(H,27,28)(H,29,30,31)/b21-13-/t9-,11+/m0/s1. The Labute approximate surface area is 197 Å². The smallest absolute Gasteiger partial charge is 0.362 e. The highest BCUT2D eigenvalue weighted by atomic mass is 32.2. The molecule has 34 heavy (non-hydrogen) atoms. The molecule has 1 saturated heterocycles. The Balaban J connectivity index is 1.89. The van der Waals surface area contributed by atoms with Crippen molar-refractivity contribution in [2.75, 3.05) is 5.73 Å². The van der Waals surface area contributed by atoms with Crippen LogP contribution in [0.4, 0.5) is 5.13 Å². The summed E-state index contributed by atoms with van der Waals surface area (Å²) in [5.41, 5.74) is 3.97. The molecule has 15 nitrogen and oxygen atoms in total. The molecule has 1 amide bonds. The zero-order valence-corrected chi connectivity index (χ0v) is 19.8. The lowest BCUT2D eigenvalue weighted by Gasteiger charge is -2.43. The van der Waals surface area contributed by atoms with E-state index in [-0.39, 0.29) is 21.7 Å². The summed E-state index contributed by atoms with van der Waals surface area (Å²) in [5, 5.41) is 22.0. The molecule has 3 rings (SSSR count). The van der Waals surface area contributed by atoms with Crippen molar-refractivity contribution in [2.45, 2.75) is 45.4 Å². The lowest BCUT2D eigenvalue weighted by molar-refractivity contribution is -0.161. The van der Waals surface area contributed by atoms with Gasteiger partial charge >= 0.3 is 16.3 Å². The SMILES string of the molecule is Cc1cn(C[C@@H]2[C@H](CC(=O)/C(=N\OC(C)(C)C(=O)O)c3csc(N)n3)C(=O)N2S(=O)(=O)O)nn1. The maximum absolute atomic E-state index is 13.1. The fourth-order valence-corrected chi connectivity index (χ4v) is 4.56. The number of nitrogens with two attached hydrogens (primary N) is 1. The van der Waals surface area contributed by atoms with E-state index in [4.69, 9.17) is 10.6 Å². The fraction of sp³-hybridized carbons (Fsp3) is 0.471. The Kier molecular flexibility index (Phi) is 6.72. The van der Waals surface area contributed by atoms with Crippen molar-refractivity contribution in [1.29, 1.82) is 0 Å². The summed E-state index contributed by atoms with van der Waals surface area (Å²) in [6, 6.07) is -1.13. The first-order chi connectivity index (χ1) is 15.7. The molecule has 2 aromatic rings. The van der Waals surface area contributed by atoms with Gasteiger partial charge in [0.1, 0.15) is 5.69 Å². The van der Waals surface area contributed by atoms with E-state index in [1.54, 1.807) is 6.92 Å². The first-order valence-corrected chi connectivity index (χ1v) is 11.9. The van der Waals surface area contributed by atoms with Crippen LogP contribution in [-0.2, 0) is 36.1 Å². The second-order valence-electron chi connectivity index (χ2n) is 7.91. The number of nitrogen functional groups attached to an aromatic ring is 1. The first-order valence-electron chi connectivity index (χ1n) is 9.62. The molecule has 0 radical (unpaired) electrons. The number of carboxylic acids is 1. The Bertz CT molecular complexity index is 1270. The minimum atomic E-state index is -4.89. The molecule has 0 aliphatic carbocycles. The highest BCUT2D eigenvalue weighted by molar-refractivity contribution is 7.84. The van der Waals surface area contributed by atoms with Crippen LogP contribution >= 0.6 is 11.3 Å². The molecule has 1 aliphatic heterocycles. The monoisotopic (exact) mass is 515 g/mol. The summed E-state index contributed by atoms with van der Waals surface area (Å²) >= 11 is 0.993. The van der Waals surface area contributed by atoms with Crippen molar-refractivity contribution < 1.29 is 37.3 Å². The number of hydrogen-bond donors (Lipinski definition) is 3. The number of aliphatic carboxylic acids is 1. The van der Waals surface area contributed by atoms with E-state index >= 15 is 0 Å². The summed E-state index contributed by atoms with van der Waals surface area (Å²) in [6.07, 6.45) is 0.965. The van der Waals surface area contributed by atoms with E-state index in [2.05, 4.69) is 20.5 Å². The topological polar surface area (TPSA) is 220 Å². The van der Waals surface area contributed by atoms with Gasteiger partial charge in [0, 0.05) is 18.0 Å². The van der Waals surface area contributed by atoms with Gasteiger partial charge in [0.15, 0.2) is 16.6 Å². The van der Waals surface area contributed by atoms with Gasteiger partial charge in [-0.3, -0.25) is 18.8 Å². The van der Waals surface area contributed by atoms with Crippen LogP contribution in [0.15, 0.2) is 16.7 Å². The van der Waals surface area contributed by atoms with Gasteiger partial charge in [-0.15, -0.1) is 16.4 Å². The number of ketones is 1. The van der Waals surface area contributed by atoms with Gasteiger partial charge in [-0.25, -0.2) is 14.1 Å². The average Bonchev–Trinajstić information content (AvgIpc) is 3.32. The Hall–Kier alpha value is -3.44. The molecule has 17 heteroatoms. The molecular weight excluding hydrogens is 494 g/mol. The molecule has 0 unspecified atom stereocenters. The van der Waals surface area contributed by atoms with Gasteiger partial charge in [-0.1, -0.05) is 10.4 Å². The second-order valence-corrected chi connectivity index (χ2v) is 10.1. The van der Waals surface area contributed by atoms with Crippen LogP contribution in [0.2, 0.25) is 0 Å². The molecule has 184 valence electrons. The number of Topliss-reactive ketones (excluding diaryl/α,β-unsaturated/α-hetero) is 1. The van der Waals surface area contributed by atoms with Crippen LogP contribution in [0.25, 0.3) is 0 Å². The van der Waals surface area contributed by atoms with Gasteiger partial charge < -0.3 is 15.7 Å². The van der Waals surface area contributed by atoms with Crippen molar-refractivity contribution in [2.24, 2.45) is 11.1 Å². The van der Waals surface area contributed by atoms with E-state index < -0.39 is 57.7 Å². The zero-order chi connectivity index (χ0) is 25.4. The number of amides is 1. The third-order valence-corrected chi connectivity index (χ3v) is 6.51. The van der Waals surface area contributed by atoms with Gasteiger partial charge in [-0.05, 0) is 20.8 Å². The average molecular weight is 516 g/mol. The highest BCUT2D eigenvalue weighted by Crippen LogP contribution is 2.34. The number of carbonyl (C=O) groups excluding carboxylic acids is 2. The Morgan fingerprint density at radius 2 is 2.06 bits per heavy atom. The molecule has 1 aliphatic rings. The van der Waals surface area contributed by atoms with Gasteiger partial charge in [-0.2, -0.15) is 8.42 Å². The Morgan fingerprint density at radius 1 is 1.38 bits per heavy atom. The molecule has 0 aromatic carbocycles. The van der Waals surface area contributed by atoms with Crippen LogP contribution in [0.5, 0.6) is 0 Å². The number of aryl methyl sites for hydroxylation is 1. The third-order valence-electron chi connectivity index (χ3n) is 4.89. The van der Waals surface area contributed by atoms with E-state index in [1.165, 1.54) is 30.1 Å². The first kappa shape index (κ1) is 25.2. The van der Waals surface area contributed by atoms with E-state index in [9.17, 15) is 32.5 Å². The maximum atomic E-state index is 13.1. The van der Waals surface area contributed by atoms with Crippen LogP contribution in [0, 0.1) is 12.8 Å². The molecule has 1 fully saturated rings. The molecule has 0 spiro atoms. The Morgan fingerprint density at radius 3 is 2.56 bits per heavy atom. The number of carbonyl (C=O) groups is 3. The molecule has 0 saturated carbocycles. The summed E-state index contributed by atoms with van der Waals surface area (Å²) in [4.78, 5) is 45.9. The molecule has 2 aromatic heterocycles. The van der Waals surface area contributed by atoms with Crippen molar-refractivity contribution in [1.82, 2.24) is 24.3 Å². The van der Waals surface area contributed by atoms with Gasteiger partial charge in [0.25, 0.3) is 0 Å². The number of oxime groups is 1. The number of carboxylic acid groups (broad SMARTS) is 1. The predicted octanol–water partition coefficient (Wildman–Crippen LogP) is -0.502. The summed E-state index contributed by atoms with van der Waals surface area (Å²) in [5.74, 6) is -4.28. The minimum Gasteiger partial charge on any atom is -0.478 e. The second kappa shape index (κ2) is 9.07. The van der Waals surface area contributed by atoms with Crippen molar-refractivity contribution in [3.05, 3.63) is 23.0 Å². The van der Waals surface area contributed by atoms with Crippen LogP contribution < -0.4 is 5.73 Å². The largest absolute Gasteiger partial charge is 0.478 e. The number of thiazole rings is 1. The van der Waals surface area contributed by atoms with Crippen LogP contribution in [-0.4, -0.2) is 77.4 Å². The van der Waals surface area contributed by atoms with E-state index in [1.807, 2.05) is 0 Å². The number of hydrogen-bond acceptors (Lipinski definition) is 12. The summed E-state index contributed by atoms with van der Waals surface area (Å²) in [6.45, 7) is 3.92. The number of rotatable bonds is 10. The van der Waals surface area contributed by atoms with E-state index in [0.717, 1.165) is 11.3 Å². The zero-order valence-electron chi connectivity index (χ0n) is 18.1. The lowest BCUT2D eigenvalue weighted by atomic mass is 9.84. The van der Waals surface area contributed by atoms with Gasteiger partial charge in [0.2, 0.25) is 11.5 Å². The fourth-order valence-electron chi connectivity index (χ4n) is 3.09. The number of nitrogens with zero attached hydrogens (tertiary/aromatic N) is 6. The highest BCUT2D eigenvalue weighted by Gasteiger charge is 2.54. The normalized spacial score (nSPS) is 19.1. The number of aromatic nitrogens is 4. The molecular formula is C17H21N7O8S2. The molecule has 2 atom stereocenters. The van der Waals surface area contributed by atoms with Gasteiger partial charge in [0.05, 0.1) is 24.2 Å². The number of anilines is 1. The summed E-state index contributed by atoms with van der Waals surface area (Å²) in [7, 11) is -4.89. The maximum Gasteiger partial charge on any atom is 0.362 e. The third kappa shape index (κ3) is 5.20.